The summed E-state index contributed by atoms with van der Waals surface area (Å²) in [7, 11) is 3.66. The van der Waals surface area contributed by atoms with Gasteiger partial charge in [-0.2, -0.15) is 0 Å². The first-order chi connectivity index (χ1) is 15.0. The Bertz CT molecular complexity index is 1040. The fraction of sp³-hybridized carbons (Fsp3) is 0.320. The van der Waals surface area contributed by atoms with Crippen LogP contribution in [0.1, 0.15) is 5.56 Å². The van der Waals surface area contributed by atoms with Crippen molar-refractivity contribution >= 4 is 22.4 Å². The molecule has 1 heterocycles. The van der Waals surface area contributed by atoms with Crippen LogP contribution >= 0.6 is 0 Å². The molecular formula is C25H29N3O3. The van der Waals surface area contributed by atoms with E-state index in [9.17, 15) is 9.90 Å². The van der Waals surface area contributed by atoms with Gasteiger partial charge in [0.1, 0.15) is 11.5 Å². The second kappa shape index (κ2) is 9.27. The maximum absolute atomic E-state index is 12.8. The van der Waals surface area contributed by atoms with Crippen LogP contribution in [-0.2, 0) is 11.3 Å². The molecule has 0 bridgehead atoms. The molecule has 3 aromatic carbocycles. The minimum Gasteiger partial charge on any atom is -0.508 e. The van der Waals surface area contributed by atoms with Gasteiger partial charge in [0.05, 0.1) is 13.7 Å². The lowest BCUT2D eigenvalue weighted by Gasteiger charge is -2.36. The predicted molar refractivity (Wildman–Crippen MR) is 124 cm³/mol. The number of hydrogen-bond acceptors (Lipinski definition) is 5. The van der Waals surface area contributed by atoms with E-state index in [0.717, 1.165) is 36.5 Å². The highest BCUT2D eigenvalue weighted by molar-refractivity contribution is 5.84. The molecule has 0 radical (unpaired) electrons. The maximum atomic E-state index is 12.8. The van der Waals surface area contributed by atoms with Crippen molar-refractivity contribution in [3.05, 3.63) is 66.2 Å². The molecule has 1 amide bonds. The van der Waals surface area contributed by atoms with Crippen LogP contribution in [0.3, 0.4) is 0 Å². The highest BCUT2D eigenvalue weighted by atomic mass is 16.5. The van der Waals surface area contributed by atoms with Crippen molar-refractivity contribution < 1.29 is 14.6 Å². The molecule has 162 valence electrons. The molecule has 1 aliphatic rings. The first-order valence-corrected chi connectivity index (χ1v) is 10.6. The van der Waals surface area contributed by atoms with Crippen molar-refractivity contribution in [3.63, 3.8) is 0 Å². The molecule has 0 aromatic heterocycles. The third-order valence-electron chi connectivity index (χ3n) is 5.82. The lowest BCUT2D eigenvalue weighted by atomic mass is 10.1. The Morgan fingerprint density at radius 3 is 2.35 bits per heavy atom. The van der Waals surface area contributed by atoms with Crippen LogP contribution in [0.25, 0.3) is 10.8 Å². The number of phenolic OH excluding ortho intramolecular Hbond substituents is 1. The topological polar surface area (TPSA) is 56.2 Å². The summed E-state index contributed by atoms with van der Waals surface area (Å²) in [5.41, 5.74) is 2.26. The molecule has 0 aliphatic carbocycles. The molecule has 1 aliphatic heterocycles. The van der Waals surface area contributed by atoms with Crippen molar-refractivity contribution in [2.75, 3.05) is 51.8 Å². The molecule has 0 unspecified atom stereocenters. The smallest absolute Gasteiger partial charge is 0.236 e. The zero-order valence-corrected chi connectivity index (χ0v) is 18.1. The van der Waals surface area contributed by atoms with Crippen LogP contribution in [0.15, 0.2) is 60.7 Å². The molecule has 6 heteroatoms. The van der Waals surface area contributed by atoms with E-state index in [1.165, 1.54) is 10.9 Å². The molecular weight excluding hydrogens is 390 g/mol. The van der Waals surface area contributed by atoms with Crippen molar-refractivity contribution in [2.45, 2.75) is 6.54 Å². The lowest BCUT2D eigenvalue weighted by Crippen LogP contribution is -2.51. The quantitative estimate of drug-likeness (QED) is 0.664. The second-order valence-electron chi connectivity index (χ2n) is 8.10. The van der Waals surface area contributed by atoms with E-state index in [1.807, 2.05) is 36.2 Å². The number of fused-ring (bicyclic) bond motifs is 1. The number of ether oxygens (including phenoxy) is 1. The van der Waals surface area contributed by atoms with Gasteiger partial charge in [-0.15, -0.1) is 0 Å². The van der Waals surface area contributed by atoms with Crippen LogP contribution < -0.4 is 9.64 Å². The number of amides is 1. The summed E-state index contributed by atoms with van der Waals surface area (Å²) in [6.45, 7) is 4.15. The number of nitrogens with zero attached hydrogens (tertiary/aromatic N) is 3. The zero-order chi connectivity index (χ0) is 21.8. The van der Waals surface area contributed by atoms with Gasteiger partial charge in [0.2, 0.25) is 5.91 Å². The minimum atomic E-state index is 0.165. The van der Waals surface area contributed by atoms with E-state index < -0.39 is 0 Å². The molecule has 0 atom stereocenters. The third-order valence-corrected chi connectivity index (χ3v) is 5.82. The number of benzene rings is 3. The van der Waals surface area contributed by atoms with Crippen LogP contribution in [-0.4, -0.2) is 67.7 Å². The highest BCUT2D eigenvalue weighted by Crippen LogP contribution is 2.23. The first kappa shape index (κ1) is 21.0. The molecule has 0 spiro atoms. The van der Waals surface area contributed by atoms with Gasteiger partial charge in [0.25, 0.3) is 0 Å². The second-order valence-corrected chi connectivity index (χ2v) is 8.10. The Labute approximate surface area is 183 Å². The fourth-order valence-electron chi connectivity index (χ4n) is 4.07. The minimum absolute atomic E-state index is 0.165. The van der Waals surface area contributed by atoms with Crippen LogP contribution in [0.2, 0.25) is 0 Å². The van der Waals surface area contributed by atoms with Gasteiger partial charge >= 0.3 is 0 Å². The maximum Gasteiger partial charge on any atom is 0.236 e. The van der Waals surface area contributed by atoms with E-state index in [0.29, 0.717) is 19.6 Å². The highest BCUT2D eigenvalue weighted by Gasteiger charge is 2.22. The number of aromatic hydroxyl groups is 1. The van der Waals surface area contributed by atoms with Crippen molar-refractivity contribution in [2.24, 2.45) is 0 Å². The molecule has 1 fully saturated rings. The monoisotopic (exact) mass is 419 g/mol. The van der Waals surface area contributed by atoms with Crippen LogP contribution in [0.5, 0.6) is 11.5 Å². The summed E-state index contributed by atoms with van der Waals surface area (Å²) < 4.78 is 5.29. The van der Waals surface area contributed by atoms with E-state index in [-0.39, 0.29) is 11.7 Å². The van der Waals surface area contributed by atoms with Gasteiger partial charge in [-0.3, -0.25) is 9.69 Å². The number of methoxy groups -OCH3 is 1. The summed E-state index contributed by atoms with van der Waals surface area (Å²) in [4.78, 5) is 19.0. The number of anilines is 1. The molecule has 1 saturated heterocycles. The Morgan fingerprint density at radius 1 is 0.968 bits per heavy atom. The first-order valence-electron chi connectivity index (χ1n) is 10.6. The number of hydrogen-bond donors (Lipinski definition) is 1. The van der Waals surface area contributed by atoms with Gasteiger partial charge in [0, 0.05) is 38.4 Å². The molecule has 1 N–H and O–H groups in total. The molecule has 31 heavy (non-hydrogen) atoms. The fourth-order valence-corrected chi connectivity index (χ4v) is 4.07. The Hall–Kier alpha value is -3.25. The van der Waals surface area contributed by atoms with E-state index >= 15 is 0 Å². The standard InChI is InChI=1S/C25H29N3O3/c1-26(17-19-3-4-21-16-24(31-2)10-5-20(21)15-19)18-25(30)28-13-11-27(12-14-28)22-6-8-23(29)9-7-22/h3-10,15-16,29H,11-14,17-18H2,1-2H3. The van der Waals surface area contributed by atoms with Crippen molar-refractivity contribution in [1.29, 1.82) is 0 Å². The SMILES string of the molecule is COc1ccc2cc(CN(C)CC(=O)N3CCN(c4ccc(O)cc4)CC3)ccc2c1. The normalized spacial score (nSPS) is 14.3. The van der Waals surface area contributed by atoms with Crippen molar-refractivity contribution in [3.8, 4) is 11.5 Å². The van der Waals surface area contributed by atoms with Gasteiger partial charge < -0.3 is 19.6 Å². The largest absolute Gasteiger partial charge is 0.508 e. The van der Waals surface area contributed by atoms with Gasteiger partial charge in [0.15, 0.2) is 0 Å². The number of piperazine rings is 1. The van der Waals surface area contributed by atoms with Gasteiger partial charge in [-0.25, -0.2) is 0 Å². The number of carbonyl (C=O) groups is 1. The lowest BCUT2D eigenvalue weighted by molar-refractivity contribution is -0.132. The molecule has 3 aromatic rings. The molecule has 4 rings (SSSR count). The number of likely N-dealkylation sites (N-methyl/N-ethyl adjacent to an activating group) is 1. The van der Waals surface area contributed by atoms with E-state index in [1.54, 1.807) is 19.2 Å². The van der Waals surface area contributed by atoms with Crippen LogP contribution in [0.4, 0.5) is 5.69 Å². The summed E-state index contributed by atoms with van der Waals surface area (Å²) in [6, 6.07) is 19.7. The number of carbonyl (C=O) groups excluding carboxylic acids is 1. The average Bonchev–Trinajstić information content (AvgIpc) is 2.79. The summed E-state index contributed by atoms with van der Waals surface area (Å²) >= 11 is 0. The van der Waals surface area contributed by atoms with E-state index in [2.05, 4.69) is 34.1 Å². The summed E-state index contributed by atoms with van der Waals surface area (Å²) in [6.07, 6.45) is 0. The zero-order valence-electron chi connectivity index (χ0n) is 18.1. The van der Waals surface area contributed by atoms with Gasteiger partial charge in [-0.05, 0) is 65.8 Å². The van der Waals surface area contributed by atoms with E-state index in [4.69, 9.17) is 4.74 Å². The summed E-state index contributed by atoms with van der Waals surface area (Å²) in [5.74, 6) is 1.29. The molecule has 0 saturated carbocycles. The third kappa shape index (κ3) is 5.09. The summed E-state index contributed by atoms with van der Waals surface area (Å²) in [5, 5.41) is 11.8. The van der Waals surface area contributed by atoms with Crippen LogP contribution in [0, 0.1) is 0 Å². The van der Waals surface area contributed by atoms with Crippen molar-refractivity contribution in [1.82, 2.24) is 9.80 Å². The Morgan fingerprint density at radius 2 is 1.65 bits per heavy atom. The average molecular weight is 420 g/mol. The Balaban J connectivity index is 1.29. The number of rotatable bonds is 6. The predicted octanol–water partition coefficient (Wildman–Crippen LogP) is 3.33. The van der Waals surface area contributed by atoms with Gasteiger partial charge in [-0.1, -0.05) is 18.2 Å². The number of phenols is 1. The molecule has 6 nitrogen and oxygen atoms in total. The Kier molecular flexibility index (Phi) is 6.28.